The van der Waals surface area contributed by atoms with Gasteiger partial charge in [0, 0.05) is 11.4 Å². The summed E-state index contributed by atoms with van der Waals surface area (Å²) in [6.45, 7) is 0.537. The average Bonchev–Trinajstić information content (AvgIpc) is 3.02. The molecule has 0 spiro atoms. The first-order valence-electron chi connectivity index (χ1n) is 7.97. The molecule has 130 valence electrons. The van der Waals surface area contributed by atoms with Gasteiger partial charge in [0.15, 0.2) is 0 Å². The van der Waals surface area contributed by atoms with E-state index in [0.29, 0.717) is 18.0 Å². The van der Waals surface area contributed by atoms with Crippen LogP contribution in [0.3, 0.4) is 0 Å². The zero-order valence-electron chi connectivity index (χ0n) is 13.5. The van der Waals surface area contributed by atoms with Gasteiger partial charge in [0.25, 0.3) is 6.02 Å². The molecule has 0 aliphatic carbocycles. The molecule has 2 aromatic carbocycles. The van der Waals surface area contributed by atoms with Gasteiger partial charge in [-0.05, 0) is 54.8 Å². The summed E-state index contributed by atoms with van der Waals surface area (Å²) < 4.78 is 18.0. The number of ether oxygens (including phenoxy) is 1. The van der Waals surface area contributed by atoms with Crippen LogP contribution in [0.5, 0.6) is 0 Å². The van der Waals surface area contributed by atoms with Crippen LogP contribution in [0.25, 0.3) is 0 Å². The molecule has 2 aromatic rings. The minimum Gasteiger partial charge on any atom is -0.463 e. The van der Waals surface area contributed by atoms with Crippen molar-refractivity contribution >= 4 is 23.4 Å². The van der Waals surface area contributed by atoms with Crippen molar-refractivity contribution in [2.24, 2.45) is 10.7 Å². The maximum Gasteiger partial charge on any atom is 0.323 e. The maximum atomic E-state index is 12.8. The molecular formula is C18H19FN4O2. The lowest BCUT2D eigenvalue weighted by Gasteiger charge is -2.09. The Labute approximate surface area is 144 Å². The Morgan fingerprint density at radius 3 is 2.28 bits per heavy atom. The number of amides is 2. The first kappa shape index (κ1) is 16.8. The first-order valence-corrected chi connectivity index (χ1v) is 7.97. The van der Waals surface area contributed by atoms with E-state index in [9.17, 15) is 9.18 Å². The van der Waals surface area contributed by atoms with Crippen molar-refractivity contribution in [3.8, 4) is 0 Å². The molecule has 0 fully saturated rings. The van der Waals surface area contributed by atoms with Crippen molar-refractivity contribution in [2.75, 3.05) is 17.2 Å². The van der Waals surface area contributed by atoms with E-state index >= 15 is 0 Å². The molecule has 0 aromatic heterocycles. The molecule has 6 nitrogen and oxygen atoms in total. The molecule has 0 saturated heterocycles. The third-order valence-corrected chi connectivity index (χ3v) is 3.81. The molecule has 7 heteroatoms. The largest absolute Gasteiger partial charge is 0.463 e. The predicted octanol–water partition coefficient (Wildman–Crippen LogP) is 3.12. The van der Waals surface area contributed by atoms with E-state index in [2.05, 4.69) is 15.6 Å². The molecule has 1 aliphatic rings. The molecular weight excluding hydrogens is 323 g/mol. The van der Waals surface area contributed by atoms with E-state index < -0.39 is 0 Å². The minimum absolute atomic E-state index is 0.110. The molecule has 3 rings (SSSR count). The normalized spacial score (nSPS) is 16.0. The molecule has 2 amide bonds. The zero-order valence-corrected chi connectivity index (χ0v) is 13.5. The summed E-state index contributed by atoms with van der Waals surface area (Å²) >= 11 is 0. The fourth-order valence-corrected chi connectivity index (χ4v) is 2.50. The number of rotatable bonds is 5. The molecule has 4 N–H and O–H groups in total. The van der Waals surface area contributed by atoms with Gasteiger partial charge in [-0.2, -0.15) is 0 Å². The van der Waals surface area contributed by atoms with Crippen LogP contribution >= 0.6 is 0 Å². The first-order chi connectivity index (χ1) is 12.1. The summed E-state index contributed by atoms with van der Waals surface area (Å²) in [5.41, 5.74) is 7.83. The summed E-state index contributed by atoms with van der Waals surface area (Å²) in [5, 5.41) is 5.37. The standard InChI is InChI=1S/C18H19FN4O2/c19-13-4-9-15(10-5-13)23-18(24)22-14-6-1-12(2-7-14)3-8-16-11-25-17(20)21-16/h1-2,4-7,9-10,16H,3,8,11H2,(H2,20,21)(H2,22,23,24)/t16-/m0/s1. The third kappa shape index (κ3) is 4.94. The van der Waals surface area contributed by atoms with Crippen LogP contribution in [0.4, 0.5) is 20.6 Å². The Balaban J connectivity index is 1.48. The number of urea groups is 1. The van der Waals surface area contributed by atoms with Gasteiger partial charge in [0.1, 0.15) is 12.4 Å². The molecule has 1 aliphatic heterocycles. The Morgan fingerprint density at radius 1 is 1.12 bits per heavy atom. The van der Waals surface area contributed by atoms with Gasteiger partial charge in [-0.3, -0.25) is 0 Å². The number of halogens is 1. The van der Waals surface area contributed by atoms with Crippen molar-refractivity contribution in [3.63, 3.8) is 0 Å². The Hall–Kier alpha value is -3.09. The minimum atomic E-state index is -0.382. The van der Waals surface area contributed by atoms with Gasteiger partial charge in [-0.15, -0.1) is 0 Å². The van der Waals surface area contributed by atoms with Gasteiger partial charge in [0.2, 0.25) is 0 Å². The third-order valence-electron chi connectivity index (χ3n) is 3.81. The highest BCUT2D eigenvalue weighted by molar-refractivity contribution is 5.99. The number of amidine groups is 1. The van der Waals surface area contributed by atoms with Gasteiger partial charge in [-0.25, -0.2) is 14.2 Å². The number of hydrogen-bond acceptors (Lipinski definition) is 4. The number of hydrogen-bond donors (Lipinski definition) is 3. The van der Waals surface area contributed by atoms with Crippen LogP contribution in [0.1, 0.15) is 12.0 Å². The highest BCUT2D eigenvalue weighted by Crippen LogP contribution is 2.15. The van der Waals surface area contributed by atoms with E-state index in [1.807, 2.05) is 24.3 Å². The van der Waals surface area contributed by atoms with Gasteiger partial charge in [-0.1, -0.05) is 12.1 Å². The summed E-state index contributed by atoms with van der Waals surface area (Å²) in [4.78, 5) is 16.1. The number of nitrogens with two attached hydrogens (primary N) is 1. The fourth-order valence-electron chi connectivity index (χ4n) is 2.50. The summed E-state index contributed by atoms with van der Waals surface area (Å²) in [7, 11) is 0. The number of aryl methyl sites for hydroxylation is 1. The highest BCUT2D eigenvalue weighted by Gasteiger charge is 2.16. The van der Waals surface area contributed by atoms with Crippen molar-refractivity contribution < 1.29 is 13.9 Å². The van der Waals surface area contributed by atoms with Gasteiger partial charge >= 0.3 is 6.03 Å². The van der Waals surface area contributed by atoms with Crippen LogP contribution < -0.4 is 16.4 Å². The van der Waals surface area contributed by atoms with E-state index in [1.54, 1.807) is 0 Å². The van der Waals surface area contributed by atoms with Gasteiger partial charge < -0.3 is 21.1 Å². The molecule has 0 unspecified atom stereocenters. The molecule has 1 atom stereocenters. The average molecular weight is 342 g/mol. The number of benzene rings is 2. The van der Waals surface area contributed by atoms with Crippen molar-refractivity contribution in [3.05, 3.63) is 59.9 Å². The summed E-state index contributed by atoms with van der Waals surface area (Å²) in [6, 6.07) is 13.1. The van der Waals surface area contributed by atoms with E-state index in [0.717, 1.165) is 18.4 Å². The van der Waals surface area contributed by atoms with E-state index in [-0.39, 0.29) is 23.9 Å². The van der Waals surface area contributed by atoms with Crippen LogP contribution in [0.2, 0.25) is 0 Å². The molecule has 0 radical (unpaired) electrons. The van der Waals surface area contributed by atoms with Crippen molar-refractivity contribution in [1.29, 1.82) is 0 Å². The number of anilines is 2. The predicted molar refractivity (Wildman–Crippen MR) is 95.2 cm³/mol. The van der Waals surface area contributed by atoms with E-state index in [1.165, 1.54) is 24.3 Å². The van der Waals surface area contributed by atoms with Crippen LogP contribution in [-0.2, 0) is 11.2 Å². The van der Waals surface area contributed by atoms with Crippen molar-refractivity contribution in [2.45, 2.75) is 18.9 Å². The zero-order chi connectivity index (χ0) is 17.6. The maximum absolute atomic E-state index is 12.8. The molecule has 0 saturated carbocycles. The van der Waals surface area contributed by atoms with Crippen molar-refractivity contribution in [1.82, 2.24) is 0 Å². The van der Waals surface area contributed by atoms with Crippen LogP contribution in [0.15, 0.2) is 53.5 Å². The smallest absolute Gasteiger partial charge is 0.323 e. The lowest BCUT2D eigenvalue weighted by Crippen LogP contribution is -2.19. The van der Waals surface area contributed by atoms with E-state index in [4.69, 9.17) is 10.5 Å². The number of nitrogens with one attached hydrogen (secondary N) is 2. The SMILES string of the molecule is NC1=N[C@@H](CCc2ccc(NC(=O)Nc3ccc(F)cc3)cc2)CO1. The monoisotopic (exact) mass is 342 g/mol. The fraction of sp³-hybridized carbons (Fsp3) is 0.222. The number of carbonyl (C=O) groups excluding carboxylic acids is 1. The van der Waals surface area contributed by atoms with Crippen LogP contribution in [-0.4, -0.2) is 24.7 Å². The Kier molecular flexibility index (Phi) is 5.13. The Morgan fingerprint density at radius 2 is 1.72 bits per heavy atom. The molecule has 25 heavy (non-hydrogen) atoms. The number of aliphatic imine (C=N–C) groups is 1. The number of nitrogens with zero attached hydrogens (tertiary/aromatic N) is 1. The van der Waals surface area contributed by atoms with Crippen LogP contribution in [0, 0.1) is 5.82 Å². The molecule has 1 heterocycles. The van der Waals surface area contributed by atoms with Gasteiger partial charge in [0.05, 0.1) is 6.04 Å². The molecule has 0 bridgehead atoms. The second-order valence-electron chi connectivity index (χ2n) is 5.75. The highest BCUT2D eigenvalue weighted by atomic mass is 19.1. The second kappa shape index (κ2) is 7.65. The topological polar surface area (TPSA) is 88.7 Å². The number of carbonyl (C=O) groups is 1. The quantitative estimate of drug-likeness (QED) is 0.780. The summed E-state index contributed by atoms with van der Waals surface area (Å²) in [6.07, 6.45) is 1.71. The summed E-state index contributed by atoms with van der Waals surface area (Å²) in [5.74, 6) is -0.348. The lowest BCUT2D eigenvalue weighted by molar-refractivity contribution is 0.262. The Bertz CT molecular complexity index is 760. The lowest BCUT2D eigenvalue weighted by atomic mass is 10.1. The second-order valence-corrected chi connectivity index (χ2v) is 5.75.